The lowest BCUT2D eigenvalue weighted by Gasteiger charge is -2.26. The average molecular weight is 281 g/mol. The van der Waals surface area contributed by atoms with E-state index < -0.39 is 11.6 Å². The molecule has 0 N–H and O–H groups in total. The number of hydrogen-bond donors (Lipinski definition) is 0. The van der Waals surface area contributed by atoms with Crippen molar-refractivity contribution in [1.82, 2.24) is 4.90 Å². The van der Waals surface area contributed by atoms with Gasteiger partial charge in [0.05, 0.1) is 12.1 Å². The van der Waals surface area contributed by atoms with E-state index in [1.807, 2.05) is 0 Å². The van der Waals surface area contributed by atoms with Crippen LogP contribution in [0.4, 0.5) is 8.78 Å². The van der Waals surface area contributed by atoms with Crippen LogP contribution in [0, 0.1) is 17.0 Å². The lowest BCUT2D eigenvalue weighted by molar-refractivity contribution is 0.0932. The number of benzene rings is 1. The van der Waals surface area contributed by atoms with Gasteiger partial charge in [0.15, 0.2) is 5.78 Å². The molecule has 2 rings (SSSR count). The number of carbonyl (C=O) groups is 1. The topological polar surface area (TPSA) is 20.3 Å². The molecule has 4 heteroatoms. The molecule has 0 aliphatic carbocycles. The highest BCUT2D eigenvalue weighted by Crippen LogP contribution is 2.36. The van der Waals surface area contributed by atoms with Crippen molar-refractivity contribution in [3.63, 3.8) is 0 Å². The predicted molar refractivity (Wildman–Crippen MR) is 74.8 cm³/mol. The first-order valence-electron chi connectivity index (χ1n) is 7.20. The van der Waals surface area contributed by atoms with Gasteiger partial charge in [0.2, 0.25) is 0 Å². The number of likely N-dealkylation sites (tertiary alicyclic amines) is 1. The van der Waals surface area contributed by atoms with Gasteiger partial charge in [-0.05, 0) is 43.4 Å². The summed E-state index contributed by atoms with van der Waals surface area (Å²) in [5.41, 5.74) is 0.277. The standard InChI is InChI=1S/C16H21F2NO/c1-3-16(4-2)7-8-19(11-16)10-15(20)13-6-5-12(17)9-14(13)18/h5-6,9H,3-4,7-8,10-11H2,1-2H3. The fraction of sp³-hybridized carbons (Fsp3) is 0.562. The SMILES string of the molecule is CCC1(CC)CCN(CC(=O)c2ccc(F)cc2F)C1. The van der Waals surface area contributed by atoms with Crippen LogP contribution in [0.3, 0.4) is 0 Å². The Hall–Kier alpha value is -1.29. The number of Topliss-reactive ketones (excluding diaryl/α,β-unsaturated/α-hetero) is 1. The molecule has 1 heterocycles. The van der Waals surface area contributed by atoms with Crippen molar-refractivity contribution in [3.8, 4) is 0 Å². The monoisotopic (exact) mass is 281 g/mol. The Morgan fingerprint density at radius 2 is 2.00 bits per heavy atom. The molecule has 1 aromatic carbocycles. The third kappa shape index (κ3) is 3.06. The molecule has 0 amide bonds. The van der Waals surface area contributed by atoms with E-state index in [0.717, 1.165) is 44.5 Å². The lowest BCUT2D eigenvalue weighted by Crippen LogP contribution is -2.31. The molecule has 2 nitrogen and oxygen atoms in total. The van der Waals surface area contributed by atoms with Crippen LogP contribution >= 0.6 is 0 Å². The number of hydrogen-bond acceptors (Lipinski definition) is 2. The molecular weight excluding hydrogens is 260 g/mol. The molecule has 0 saturated carbocycles. The molecule has 1 aliphatic heterocycles. The van der Waals surface area contributed by atoms with Gasteiger partial charge >= 0.3 is 0 Å². The zero-order valence-electron chi connectivity index (χ0n) is 12.1. The second-order valence-corrected chi connectivity index (χ2v) is 5.72. The van der Waals surface area contributed by atoms with Gasteiger partial charge in [-0.25, -0.2) is 8.78 Å². The predicted octanol–water partition coefficient (Wildman–Crippen LogP) is 3.66. The van der Waals surface area contributed by atoms with Crippen molar-refractivity contribution >= 4 is 5.78 Å². The molecule has 1 fully saturated rings. The summed E-state index contributed by atoms with van der Waals surface area (Å²) in [6.07, 6.45) is 3.28. The quantitative estimate of drug-likeness (QED) is 0.768. The first-order chi connectivity index (χ1) is 9.49. The molecule has 0 radical (unpaired) electrons. The summed E-state index contributed by atoms with van der Waals surface area (Å²) in [5.74, 6) is -1.70. The fourth-order valence-electron chi connectivity index (χ4n) is 2.99. The van der Waals surface area contributed by atoms with E-state index in [-0.39, 0.29) is 17.9 Å². The molecule has 0 bridgehead atoms. The van der Waals surface area contributed by atoms with Gasteiger partial charge in [-0.2, -0.15) is 0 Å². The Balaban J connectivity index is 2.02. The fourth-order valence-corrected chi connectivity index (χ4v) is 2.99. The first kappa shape index (κ1) is 15.1. The summed E-state index contributed by atoms with van der Waals surface area (Å²) in [4.78, 5) is 14.2. The molecule has 110 valence electrons. The highest BCUT2D eigenvalue weighted by atomic mass is 19.1. The van der Waals surface area contributed by atoms with Crippen molar-refractivity contribution in [2.45, 2.75) is 33.1 Å². The van der Waals surface area contributed by atoms with E-state index in [4.69, 9.17) is 0 Å². The van der Waals surface area contributed by atoms with Gasteiger partial charge in [0.25, 0.3) is 0 Å². The number of carbonyl (C=O) groups excluding carboxylic acids is 1. The van der Waals surface area contributed by atoms with Crippen LogP contribution in [0.15, 0.2) is 18.2 Å². The van der Waals surface area contributed by atoms with Crippen molar-refractivity contribution in [2.75, 3.05) is 19.6 Å². The lowest BCUT2D eigenvalue weighted by atomic mass is 9.82. The van der Waals surface area contributed by atoms with Gasteiger partial charge in [-0.3, -0.25) is 9.69 Å². The molecule has 1 aliphatic rings. The van der Waals surface area contributed by atoms with Crippen molar-refractivity contribution < 1.29 is 13.6 Å². The highest BCUT2D eigenvalue weighted by molar-refractivity contribution is 5.97. The first-order valence-corrected chi connectivity index (χ1v) is 7.20. The van der Waals surface area contributed by atoms with Crippen LogP contribution in [0.25, 0.3) is 0 Å². The second kappa shape index (κ2) is 6.00. The van der Waals surface area contributed by atoms with E-state index in [1.54, 1.807) is 0 Å². The van der Waals surface area contributed by atoms with Crippen LogP contribution in [-0.2, 0) is 0 Å². The van der Waals surface area contributed by atoms with Crippen molar-refractivity contribution in [1.29, 1.82) is 0 Å². The summed E-state index contributed by atoms with van der Waals surface area (Å²) in [6, 6.07) is 3.12. The third-order valence-electron chi connectivity index (χ3n) is 4.62. The van der Waals surface area contributed by atoms with E-state index in [9.17, 15) is 13.6 Å². The average Bonchev–Trinajstić information content (AvgIpc) is 2.82. The normalized spacial score (nSPS) is 18.4. The molecule has 1 saturated heterocycles. The number of rotatable bonds is 5. The summed E-state index contributed by atoms with van der Waals surface area (Å²) in [7, 11) is 0. The Bertz CT molecular complexity index is 497. The molecule has 0 unspecified atom stereocenters. The molecule has 20 heavy (non-hydrogen) atoms. The third-order valence-corrected chi connectivity index (χ3v) is 4.62. The second-order valence-electron chi connectivity index (χ2n) is 5.72. The van der Waals surface area contributed by atoms with E-state index in [1.165, 1.54) is 6.07 Å². The van der Waals surface area contributed by atoms with E-state index in [0.29, 0.717) is 5.41 Å². The molecule has 1 aromatic rings. The van der Waals surface area contributed by atoms with Gasteiger partial charge in [0, 0.05) is 12.6 Å². The van der Waals surface area contributed by atoms with Gasteiger partial charge in [0.1, 0.15) is 11.6 Å². The summed E-state index contributed by atoms with van der Waals surface area (Å²) >= 11 is 0. The number of halogens is 2. The minimum absolute atomic E-state index is 0.0168. The number of ketones is 1. The van der Waals surface area contributed by atoms with E-state index >= 15 is 0 Å². The minimum Gasteiger partial charge on any atom is -0.295 e. The molecule has 0 spiro atoms. The Labute approximate surface area is 118 Å². The van der Waals surface area contributed by atoms with Crippen LogP contribution in [0.5, 0.6) is 0 Å². The maximum atomic E-state index is 13.6. The number of nitrogens with zero attached hydrogens (tertiary/aromatic N) is 1. The zero-order valence-corrected chi connectivity index (χ0v) is 12.1. The summed E-state index contributed by atoms with van der Waals surface area (Å²) < 4.78 is 26.4. The molecule has 0 aromatic heterocycles. The molecular formula is C16H21F2NO. The molecule has 0 atom stereocenters. The largest absolute Gasteiger partial charge is 0.295 e. The minimum atomic E-state index is -0.772. The summed E-state index contributed by atoms with van der Waals surface area (Å²) in [6.45, 7) is 6.32. The van der Waals surface area contributed by atoms with Gasteiger partial charge in [-0.1, -0.05) is 13.8 Å². The van der Waals surface area contributed by atoms with Gasteiger partial charge in [-0.15, -0.1) is 0 Å². The van der Waals surface area contributed by atoms with Crippen molar-refractivity contribution in [3.05, 3.63) is 35.4 Å². The summed E-state index contributed by atoms with van der Waals surface area (Å²) in [5, 5.41) is 0. The Kier molecular flexibility index (Phi) is 4.53. The van der Waals surface area contributed by atoms with Crippen LogP contribution < -0.4 is 0 Å². The van der Waals surface area contributed by atoms with Gasteiger partial charge < -0.3 is 0 Å². The highest BCUT2D eigenvalue weighted by Gasteiger charge is 2.35. The van der Waals surface area contributed by atoms with Crippen molar-refractivity contribution in [2.24, 2.45) is 5.41 Å². The zero-order chi connectivity index (χ0) is 14.8. The Morgan fingerprint density at radius 3 is 2.55 bits per heavy atom. The maximum absolute atomic E-state index is 13.6. The van der Waals surface area contributed by atoms with Crippen LogP contribution in [-0.4, -0.2) is 30.3 Å². The maximum Gasteiger partial charge on any atom is 0.179 e. The van der Waals surface area contributed by atoms with Crippen LogP contribution in [0.2, 0.25) is 0 Å². The smallest absolute Gasteiger partial charge is 0.179 e. The van der Waals surface area contributed by atoms with E-state index in [2.05, 4.69) is 18.7 Å². The van der Waals surface area contributed by atoms with Crippen LogP contribution in [0.1, 0.15) is 43.5 Å². The Morgan fingerprint density at radius 1 is 1.30 bits per heavy atom.